The van der Waals surface area contributed by atoms with Gasteiger partial charge in [-0.2, -0.15) is 9.61 Å². The molecule has 0 aliphatic rings. The molecular weight excluding hydrogens is 414 g/mol. The van der Waals surface area contributed by atoms with Crippen molar-refractivity contribution < 1.29 is 4.92 Å². The number of aromatic nitrogens is 4. The van der Waals surface area contributed by atoms with Crippen molar-refractivity contribution in [2.45, 2.75) is 17.8 Å². The Hall–Kier alpha value is -3.17. The highest BCUT2D eigenvalue weighted by molar-refractivity contribution is 7.98. The standard InChI is InChI=1S/C19H14ClN5O3S/c1-11-16(13-4-6-14(20)7-5-13)17-21-18(22-19(26)24(17)23-11)29-10-12-2-8-15(9-3-12)25(27)28/h2-9H,10H2,1H3,(H,21,22,26). The lowest BCUT2D eigenvalue weighted by Gasteiger charge is -2.04. The van der Waals surface area contributed by atoms with Crippen LogP contribution >= 0.6 is 23.4 Å². The van der Waals surface area contributed by atoms with Gasteiger partial charge in [0.2, 0.25) is 0 Å². The summed E-state index contributed by atoms with van der Waals surface area (Å²) in [6.45, 7) is 1.82. The number of non-ortho nitro benzene ring substituents is 1. The monoisotopic (exact) mass is 427 g/mol. The van der Waals surface area contributed by atoms with Gasteiger partial charge in [-0.1, -0.05) is 47.6 Å². The van der Waals surface area contributed by atoms with Crippen molar-refractivity contribution in [2.24, 2.45) is 0 Å². The number of fused-ring (bicyclic) bond motifs is 1. The Labute approximate surface area is 173 Å². The number of benzene rings is 2. The van der Waals surface area contributed by atoms with Gasteiger partial charge in [-0.15, -0.1) is 0 Å². The minimum atomic E-state index is -0.440. The molecule has 0 spiro atoms. The minimum absolute atomic E-state index is 0.0362. The molecule has 8 nitrogen and oxygen atoms in total. The highest BCUT2D eigenvalue weighted by Gasteiger charge is 2.16. The summed E-state index contributed by atoms with van der Waals surface area (Å²) in [4.78, 5) is 30.1. The molecule has 0 fully saturated rings. The Kier molecular flexibility index (Phi) is 5.08. The molecule has 1 N–H and O–H groups in total. The first kappa shape index (κ1) is 19.2. The number of halogens is 1. The van der Waals surface area contributed by atoms with Crippen molar-refractivity contribution in [1.82, 2.24) is 19.6 Å². The SMILES string of the molecule is Cc1nn2c(=O)[nH]c(SCc3ccc([N+](=O)[O-])cc3)nc2c1-c1ccc(Cl)cc1. The number of aryl methyl sites for hydroxylation is 1. The summed E-state index contributed by atoms with van der Waals surface area (Å²) in [5, 5.41) is 16.1. The molecule has 0 amide bonds. The molecule has 2 aromatic carbocycles. The first-order chi connectivity index (χ1) is 13.9. The van der Waals surface area contributed by atoms with Gasteiger partial charge in [0.15, 0.2) is 10.8 Å². The number of nitro benzene ring substituents is 1. The second-order valence-corrected chi connectivity index (χ2v) is 7.66. The van der Waals surface area contributed by atoms with E-state index in [9.17, 15) is 14.9 Å². The lowest BCUT2D eigenvalue weighted by atomic mass is 10.1. The van der Waals surface area contributed by atoms with E-state index < -0.39 is 4.92 Å². The van der Waals surface area contributed by atoms with Gasteiger partial charge in [0.1, 0.15) is 0 Å². The Morgan fingerprint density at radius 1 is 1.17 bits per heavy atom. The molecule has 0 aliphatic carbocycles. The predicted molar refractivity (Wildman–Crippen MR) is 111 cm³/mol. The summed E-state index contributed by atoms with van der Waals surface area (Å²) in [7, 11) is 0. The van der Waals surface area contributed by atoms with E-state index in [1.54, 1.807) is 24.3 Å². The zero-order valence-electron chi connectivity index (χ0n) is 15.1. The third kappa shape index (κ3) is 3.87. The van der Waals surface area contributed by atoms with Crippen molar-refractivity contribution in [3.8, 4) is 11.1 Å². The molecule has 0 unspecified atom stereocenters. The van der Waals surface area contributed by atoms with Crippen LogP contribution < -0.4 is 5.69 Å². The van der Waals surface area contributed by atoms with Crippen LogP contribution in [0.1, 0.15) is 11.3 Å². The molecule has 4 aromatic rings. The summed E-state index contributed by atoms with van der Waals surface area (Å²) < 4.78 is 1.25. The van der Waals surface area contributed by atoms with Crippen LogP contribution in [0.2, 0.25) is 5.02 Å². The maximum Gasteiger partial charge on any atom is 0.350 e. The van der Waals surface area contributed by atoms with Crippen LogP contribution in [0, 0.1) is 17.0 Å². The van der Waals surface area contributed by atoms with Crippen LogP contribution in [0.3, 0.4) is 0 Å². The van der Waals surface area contributed by atoms with Crippen molar-refractivity contribution in [3.63, 3.8) is 0 Å². The molecule has 0 bridgehead atoms. The quantitative estimate of drug-likeness (QED) is 0.290. The van der Waals surface area contributed by atoms with Crippen molar-refractivity contribution in [2.75, 3.05) is 0 Å². The van der Waals surface area contributed by atoms with Crippen molar-refractivity contribution >= 4 is 34.7 Å². The van der Waals surface area contributed by atoms with E-state index >= 15 is 0 Å². The fourth-order valence-electron chi connectivity index (χ4n) is 2.92. The topological polar surface area (TPSA) is 106 Å². The number of rotatable bonds is 5. The van der Waals surface area contributed by atoms with Crippen LogP contribution in [-0.4, -0.2) is 24.5 Å². The molecule has 2 heterocycles. The first-order valence-corrected chi connectivity index (χ1v) is 9.90. The third-order valence-electron chi connectivity index (χ3n) is 4.31. The van der Waals surface area contributed by atoms with Crippen LogP contribution in [-0.2, 0) is 5.75 Å². The Bertz CT molecular complexity index is 1270. The molecule has 0 saturated heterocycles. The molecule has 4 rings (SSSR count). The van der Waals surface area contributed by atoms with Crippen molar-refractivity contribution in [1.29, 1.82) is 0 Å². The van der Waals surface area contributed by atoms with Gasteiger partial charge in [-0.3, -0.25) is 15.1 Å². The maximum atomic E-state index is 12.5. The minimum Gasteiger partial charge on any atom is -0.285 e. The molecule has 2 aromatic heterocycles. The van der Waals surface area contributed by atoms with Crippen molar-refractivity contribution in [3.05, 3.63) is 85.4 Å². The van der Waals surface area contributed by atoms with Crippen LogP contribution in [0.4, 0.5) is 5.69 Å². The lowest BCUT2D eigenvalue weighted by Crippen LogP contribution is -2.19. The van der Waals surface area contributed by atoms with Gasteiger partial charge in [-0.05, 0) is 30.2 Å². The van der Waals surface area contributed by atoms with Crippen LogP contribution in [0.25, 0.3) is 16.8 Å². The Morgan fingerprint density at radius 3 is 2.52 bits per heavy atom. The summed E-state index contributed by atoms with van der Waals surface area (Å²) in [5.41, 5.74) is 3.31. The Balaban J connectivity index is 1.67. The molecular formula is C19H14ClN5O3S. The van der Waals surface area contributed by atoms with Gasteiger partial charge in [0.05, 0.1) is 10.6 Å². The lowest BCUT2D eigenvalue weighted by molar-refractivity contribution is -0.384. The fraction of sp³-hybridized carbons (Fsp3) is 0.105. The maximum absolute atomic E-state index is 12.5. The number of nitrogens with zero attached hydrogens (tertiary/aromatic N) is 4. The van der Waals surface area contributed by atoms with E-state index in [-0.39, 0.29) is 11.4 Å². The summed E-state index contributed by atoms with van der Waals surface area (Å²) in [5.74, 6) is 0.501. The summed E-state index contributed by atoms with van der Waals surface area (Å²) >= 11 is 7.31. The van der Waals surface area contributed by atoms with E-state index in [2.05, 4.69) is 15.1 Å². The second kappa shape index (κ2) is 7.69. The molecule has 10 heteroatoms. The van der Waals surface area contributed by atoms with E-state index in [1.165, 1.54) is 28.4 Å². The second-order valence-electron chi connectivity index (χ2n) is 6.26. The molecule has 0 atom stereocenters. The third-order valence-corrected chi connectivity index (χ3v) is 5.50. The number of hydrogen-bond acceptors (Lipinski definition) is 6. The normalized spacial score (nSPS) is 11.1. The summed E-state index contributed by atoms with van der Waals surface area (Å²) in [6.07, 6.45) is 0. The van der Waals surface area contributed by atoms with E-state index in [1.807, 2.05) is 19.1 Å². The van der Waals surface area contributed by atoms with E-state index in [4.69, 9.17) is 11.6 Å². The smallest absolute Gasteiger partial charge is 0.285 e. The summed E-state index contributed by atoms with van der Waals surface area (Å²) in [6, 6.07) is 13.5. The van der Waals surface area contributed by atoms with Gasteiger partial charge in [-0.25, -0.2) is 9.78 Å². The van der Waals surface area contributed by atoms with Gasteiger partial charge >= 0.3 is 5.69 Å². The number of nitrogens with one attached hydrogen (secondary N) is 1. The Morgan fingerprint density at radius 2 is 1.86 bits per heavy atom. The highest BCUT2D eigenvalue weighted by atomic mass is 35.5. The van der Waals surface area contributed by atoms with Gasteiger partial charge < -0.3 is 0 Å². The van der Waals surface area contributed by atoms with Gasteiger partial charge in [0.25, 0.3) is 5.69 Å². The zero-order chi connectivity index (χ0) is 20.5. The number of thioether (sulfide) groups is 1. The average Bonchev–Trinajstić information content (AvgIpc) is 3.04. The molecule has 29 heavy (non-hydrogen) atoms. The molecule has 0 radical (unpaired) electrons. The van der Waals surface area contributed by atoms with Gasteiger partial charge in [0, 0.05) is 28.5 Å². The van der Waals surface area contributed by atoms with E-state index in [0.717, 1.165) is 16.7 Å². The number of aromatic amines is 1. The number of hydrogen-bond donors (Lipinski definition) is 1. The highest BCUT2D eigenvalue weighted by Crippen LogP contribution is 2.29. The fourth-order valence-corrected chi connectivity index (χ4v) is 3.85. The first-order valence-electron chi connectivity index (χ1n) is 8.54. The largest absolute Gasteiger partial charge is 0.350 e. The van der Waals surface area contributed by atoms with Crippen LogP contribution in [0.5, 0.6) is 0 Å². The van der Waals surface area contributed by atoms with E-state index in [0.29, 0.717) is 27.3 Å². The molecule has 0 aliphatic heterocycles. The number of nitro groups is 1. The van der Waals surface area contributed by atoms with Crippen LogP contribution in [0.15, 0.2) is 58.5 Å². The number of H-pyrrole nitrogens is 1. The molecule has 0 saturated carbocycles. The predicted octanol–water partition coefficient (Wildman–Crippen LogP) is 4.25. The average molecular weight is 428 g/mol. The molecule has 146 valence electrons. The zero-order valence-corrected chi connectivity index (χ0v) is 16.7.